The van der Waals surface area contributed by atoms with Gasteiger partial charge in [-0.15, -0.1) is 0 Å². The van der Waals surface area contributed by atoms with Crippen LogP contribution in [0.3, 0.4) is 0 Å². The number of pyridine rings is 1. The third kappa shape index (κ3) is 1.74. The zero-order valence-electron chi connectivity index (χ0n) is 9.06. The summed E-state index contributed by atoms with van der Waals surface area (Å²) in [7, 11) is 0. The van der Waals surface area contributed by atoms with E-state index >= 15 is 0 Å². The Kier molecular flexibility index (Phi) is 2.25. The molecule has 0 radical (unpaired) electrons. The molecule has 0 spiro atoms. The maximum atomic E-state index is 5.70. The maximum Gasteiger partial charge on any atom is 0.155 e. The fourth-order valence-corrected chi connectivity index (χ4v) is 2.18. The van der Waals surface area contributed by atoms with Gasteiger partial charge in [-0.05, 0) is 31.5 Å². The van der Waals surface area contributed by atoms with Crippen molar-refractivity contribution in [3.63, 3.8) is 0 Å². The van der Waals surface area contributed by atoms with Crippen LogP contribution in [0.25, 0.3) is 5.65 Å². The van der Waals surface area contributed by atoms with Gasteiger partial charge in [0.1, 0.15) is 0 Å². The van der Waals surface area contributed by atoms with E-state index < -0.39 is 0 Å². The van der Waals surface area contributed by atoms with Crippen molar-refractivity contribution in [1.29, 1.82) is 0 Å². The molecule has 3 N–H and O–H groups in total. The summed E-state index contributed by atoms with van der Waals surface area (Å²) >= 11 is 0. The van der Waals surface area contributed by atoms with E-state index in [1.165, 1.54) is 12.8 Å². The van der Waals surface area contributed by atoms with E-state index in [4.69, 9.17) is 5.73 Å². The normalized spacial score (nSPS) is 20.6. The van der Waals surface area contributed by atoms with E-state index in [0.717, 1.165) is 24.4 Å². The highest BCUT2D eigenvalue weighted by Crippen LogP contribution is 2.11. The predicted molar refractivity (Wildman–Crippen MR) is 62.1 cm³/mol. The molecular weight excluding hydrogens is 202 g/mol. The monoisotopic (exact) mass is 217 g/mol. The SMILES string of the molecule is Nc1ccc2nc(CC3CCCN3)nn2c1. The van der Waals surface area contributed by atoms with E-state index in [-0.39, 0.29) is 0 Å². The summed E-state index contributed by atoms with van der Waals surface area (Å²) in [4.78, 5) is 4.47. The van der Waals surface area contributed by atoms with Gasteiger partial charge >= 0.3 is 0 Å². The molecule has 2 aromatic heterocycles. The van der Waals surface area contributed by atoms with Crippen molar-refractivity contribution in [3.05, 3.63) is 24.2 Å². The summed E-state index contributed by atoms with van der Waals surface area (Å²) in [6.07, 6.45) is 5.18. The van der Waals surface area contributed by atoms with Gasteiger partial charge in [-0.3, -0.25) is 0 Å². The maximum absolute atomic E-state index is 5.70. The minimum absolute atomic E-state index is 0.537. The molecule has 0 amide bonds. The molecule has 16 heavy (non-hydrogen) atoms. The molecule has 3 rings (SSSR count). The molecule has 1 aliphatic rings. The van der Waals surface area contributed by atoms with Crippen LogP contribution in [0.1, 0.15) is 18.7 Å². The van der Waals surface area contributed by atoms with Gasteiger partial charge in [-0.2, -0.15) is 5.10 Å². The lowest BCUT2D eigenvalue weighted by molar-refractivity contribution is 0.585. The van der Waals surface area contributed by atoms with Crippen LogP contribution < -0.4 is 11.1 Å². The Morgan fingerprint density at radius 2 is 2.44 bits per heavy atom. The number of anilines is 1. The van der Waals surface area contributed by atoms with E-state index in [2.05, 4.69) is 15.4 Å². The molecule has 1 atom stereocenters. The van der Waals surface area contributed by atoms with Gasteiger partial charge in [-0.25, -0.2) is 9.50 Å². The van der Waals surface area contributed by atoms with Gasteiger partial charge in [0.15, 0.2) is 11.5 Å². The van der Waals surface area contributed by atoms with Crippen molar-refractivity contribution in [1.82, 2.24) is 19.9 Å². The Hall–Kier alpha value is -1.62. The molecule has 1 saturated heterocycles. The van der Waals surface area contributed by atoms with Crippen LogP contribution in [-0.4, -0.2) is 27.2 Å². The van der Waals surface area contributed by atoms with Gasteiger partial charge in [0.2, 0.25) is 0 Å². The number of aromatic nitrogens is 3. The molecule has 3 heterocycles. The fourth-order valence-electron chi connectivity index (χ4n) is 2.18. The number of hydrogen-bond donors (Lipinski definition) is 2. The second-order valence-electron chi connectivity index (χ2n) is 4.29. The zero-order chi connectivity index (χ0) is 11.0. The van der Waals surface area contributed by atoms with Crippen LogP contribution in [0.15, 0.2) is 18.3 Å². The molecule has 0 aliphatic carbocycles. The molecule has 5 nitrogen and oxygen atoms in total. The summed E-state index contributed by atoms with van der Waals surface area (Å²) < 4.78 is 1.75. The van der Waals surface area contributed by atoms with Crippen molar-refractivity contribution in [2.75, 3.05) is 12.3 Å². The van der Waals surface area contributed by atoms with Crippen LogP contribution >= 0.6 is 0 Å². The van der Waals surface area contributed by atoms with Gasteiger partial charge in [0, 0.05) is 12.5 Å². The topological polar surface area (TPSA) is 68.2 Å². The first-order valence-corrected chi connectivity index (χ1v) is 5.65. The number of rotatable bonds is 2. The van der Waals surface area contributed by atoms with Crippen LogP contribution in [0.2, 0.25) is 0 Å². The Balaban J connectivity index is 1.86. The van der Waals surface area contributed by atoms with Gasteiger partial charge < -0.3 is 11.1 Å². The van der Waals surface area contributed by atoms with Crippen LogP contribution in [0.4, 0.5) is 5.69 Å². The highest BCUT2D eigenvalue weighted by molar-refractivity contribution is 5.46. The molecule has 0 bridgehead atoms. The average Bonchev–Trinajstić information content (AvgIpc) is 2.86. The molecule has 1 aliphatic heterocycles. The molecule has 5 heteroatoms. The quantitative estimate of drug-likeness (QED) is 0.773. The van der Waals surface area contributed by atoms with Crippen LogP contribution in [0, 0.1) is 0 Å². The summed E-state index contributed by atoms with van der Waals surface area (Å²) in [6.45, 7) is 1.12. The summed E-state index contributed by atoms with van der Waals surface area (Å²) in [6, 6.07) is 4.28. The van der Waals surface area contributed by atoms with Gasteiger partial charge in [-0.1, -0.05) is 0 Å². The molecule has 0 aromatic carbocycles. The number of fused-ring (bicyclic) bond motifs is 1. The Bertz CT molecular complexity index is 498. The number of nitrogens with zero attached hydrogens (tertiary/aromatic N) is 3. The lowest BCUT2D eigenvalue weighted by Gasteiger charge is -2.05. The van der Waals surface area contributed by atoms with E-state index in [1.807, 2.05) is 12.1 Å². The first-order chi connectivity index (χ1) is 7.81. The highest BCUT2D eigenvalue weighted by atomic mass is 15.3. The van der Waals surface area contributed by atoms with E-state index in [0.29, 0.717) is 11.7 Å². The largest absolute Gasteiger partial charge is 0.397 e. The van der Waals surface area contributed by atoms with Crippen LogP contribution in [0.5, 0.6) is 0 Å². The minimum atomic E-state index is 0.537. The summed E-state index contributed by atoms with van der Waals surface area (Å²) in [5, 5.41) is 7.87. The van der Waals surface area contributed by atoms with Gasteiger partial charge in [0.05, 0.1) is 11.9 Å². The summed E-state index contributed by atoms with van der Waals surface area (Å²) in [5.41, 5.74) is 7.27. The number of hydrogen-bond acceptors (Lipinski definition) is 4. The van der Waals surface area contributed by atoms with Crippen molar-refractivity contribution in [2.24, 2.45) is 0 Å². The number of nitrogens with two attached hydrogens (primary N) is 1. The van der Waals surface area contributed by atoms with Crippen molar-refractivity contribution < 1.29 is 0 Å². The summed E-state index contributed by atoms with van der Waals surface area (Å²) in [5.74, 6) is 0.894. The van der Waals surface area contributed by atoms with Crippen molar-refractivity contribution in [2.45, 2.75) is 25.3 Å². The smallest absolute Gasteiger partial charge is 0.155 e. The lowest BCUT2D eigenvalue weighted by atomic mass is 10.1. The molecule has 0 saturated carbocycles. The highest BCUT2D eigenvalue weighted by Gasteiger charge is 2.16. The predicted octanol–water partition coefficient (Wildman–Crippen LogP) is 0.606. The molecule has 84 valence electrons. The van der Waals surface area contributed by atoms with Crippen molar-refractivity contribution >= 4 is 11.3 Å². The Morgan fingerprint density at radius 3 is 3.25 bits per heavy atom. The Morgan fingerprint density at radius 1 is 1.50 bits per heavy atom. The van der Waals surface area contributed by atoms with Crippen LogP contribution in [-0.2, 0) is 6.42 Å². The standard InChI is InChI=1S/C11H15N5/c12-8-3-4-11-14-10(15-16(11)7-8)6-9-2-1-5-13-9/h3-4,7,9,13H,1-2,5-6,12H2. The van der Waals surface area contributed by atoms with Gasteiger partial charge in [0.25, 0.3) is 0 Å². The fraction of sp³-hybridized carbons (Fsp3) is 0.455. The van der Waals surface area contributed by atoms with E-state index in [1.54, 1.807) is 10.7 Å². The second-order valence-corrected chi connectivity index (χ2v) is 4.29. The third-order valence-electron chi connectivity index (χ3n) is 2.99. The molecule has 1 unspecified atom stereocenters. The molecule has 2 aromatic rings. The second kappa shape index (κ2) is 3.75. The first kappa shape index (κ1) is 9.59. The lowest BCUT2D eigenvalue weighted by Crippen LogP contribution is -2.24. The first-order valence-electron chi connectivity index (χ1n) is 5.65. The van der Waals surface area contributed by atoms with Crippen molar-refractivity contribution in [3.8, 4) is 0 Å². The molecular formula is C11H15N5. The number of nitrogens with one attached hydrogen (secondary N) is 1. The number of nitrogen functional groups attached to an aromatic ring is 1. The zero-order valence-corrected chi connectivity index (χ0v) is 9.06. The average molecular weight is 217 g/mol. The van der Waals surface area contributed by atoms with E-state index in [9.17, 15) is 0 Å². The minimum Gasteiger partial charge on any atom is -0.397 e. The third-order valence-corrected chi connectivity index (χ3v) is 2.99. The Labute approximate surface area is 93.7 Å². The molecule has 1 fully saturated rings.